The molecule has 4 saturated carbocycles. The highest BCUT2D eigenvalue weighted by molar-refractivity contribution is 5.95. The molecule has 0 radical (unpaired) electrons. The van der Waals surface area contributed by atoms with Crippen LogP contribution < -0.4 is 0 Å². The van der Waals surface area contributed by atoms with Crippen LogP contribution in [0.3, 0.4) is 0 Å². The number of ether oxygens (including phenoxy) is 2. The van der Waals surface area contributed by atoms with Gasteiger partial charge in [0.05, 0.1) is 17.7 Å². The van der Waals surface area contributed by atoms with Gasteiger partial charge >= 0.3 is 11.9 Å². The Balaban J connectivity index is 1.29. The maximum Gasteiger partial charge on any atom is 0.338 e. The van der Waals surface area contributed by atoms with E-state index in [1.165, 1.54) is 51.4 Å². The van der Waals surface area contributed by atoms with Crippen LogP contribution in [0.15, 0.2) is 18.2 Å². The third-order valence-electron chi connectivity index (χ3n) is 9.18. The summed E-state index contributed by atoms with van der Waals surface area (Å²) in [5.41, 5.74) is 1.23. The molecule has 5 rings (SSSR count). The molecule has 0 spiro atoms. The molecule has 4 aliphatic carbocycles. The maximum atomic E-state index is 13.2. The van der Waals surface area contributed by atoms with Crippen LogP contribution in [0.5, 0.6) is 0 Å². The van der Waals surface area contributed by atoms with Crippen molar-refractivity contribution in [1.29, 1.82) is 0 Å². The lowest BCUT2D eigenvalue weighted by molar-refractivity contribution is -0.0250. The Morgan fingerprint density at radius 1 is 0.647 bits per heavy atom. The van der Waals surface area contributed by atoms with Gasteiger partial charge in [-0.3, -0.25) is 0 Å². The zero-order valence-electron chi connectivity index (χ0n) is 20.4. The summed E-state index contributed by atoms with van der Waals surface area (Å²) >= 11 is 0. The van der Waals surface area contributed by atoms with Crippen molar-refractivity contribution in [3.63, 3.8) is 0 Å². The third-order valence-corrected chi connectivity index (χ3v) is 9.18. The molecule has 2 unspecified atom stereocenters. The fourth-order valence-corrected chi connectivity index (χ4v) is 7.48. The van der Waals surface area contributed by atoms with Crippen molar-refractivity contribution in [3.05, 3.63) is 34.9 Å². The molecule has 1 aromatic carbocycles. The topological polar surface area (TPSA) is 72.8 Å². The number of carbonyl (C=O) groups is 2. The molecule has 0 heterocycles. The van der Waals surface area contributed by atoms with Crippen LogP contribution in [-0.4, -0.2) is 29.3 Å². The first-order valence-corrected chi connectivity index (χ1v) is 13.8. The van der Waals surface area contributed by atoms with Crippen LogP contribution >= 0.6 is 0 Å². The highest BCUT2D eigenvalue weighted by atomic mass is 16.5. The molecule has 5 nitrogen and oxygen atoms in total. The van der Waals surface area contributed by atoms with Crippen molar-refractivity contribution in [1.82, 2.24) is 0 Å². The van der Waals surface area contributed by atoms with Gasteiger partial charge in [0.15, 0.2) is 0 Å². The fraction of sp³-hybridized carbons (Fsp3) is 0.724. The molecule has 4 fully saturated rings. The molecule has 1 aromatic rings. The smallest absolute Gasteiger partial charge is 0.338 e. The van der Waals surface area contributed by atoms with Crippen LogP contribution in [0.25, 0.3) is 0 Å². The summed E-state index contributed by atoms with van der Waals surface area (Å²) in [6, 6.07) is 4.91. The van der Waals surface area contributed by atoms with Crippen molar-refractivity contribution in [2.24, 2.45) is 23.7 Å². The van der Waals surface area contributed by atoms with Crippen LogP contribution in [-0.2, 0) is 16.1 Å². The first-order chi connectivity index (χ1) is 16.6. The number of aliphatic hydroxyl groups is 1. The lowest BCUT2D eigenvalue weighted by atomic mass is 9.69. The second-order valence-electron chi connectivity index (χ2n) is 11.2. The summed E-state index contributed by atoms with van der Waals surface area (Å²) < 4.78 is 12.1. The number of hydrogen-bond acceptors (Lipinski definition) is 5. The van der Waals surface area contributed by atoms with Gasteiger partial charge in [-0.1, -0.05) is 38.5 Å². The molecule has 0 aromatic heterocycles. The predicted molar refractivity (Wildman–Crippen MR) is 129 cm³/mol. The summed E-state index contributed by atoms with van der Waals surface area (Å²) in [4.78, 5) is 26.3. The molecular weight excluding hydrogens is 428 g/mol. The molecule has 0 saturated heterocycles. The average molecular weight is 469 g/mol. The second kappa shape index (κ2) is 10.8. The monoisotopic (exact) mass is 468 g/mol. The fourth-order valence-electron chi connectivity index (χ4n) is 7.48. The SMILES string of the molecule is O=C(OC1CCC[C@H]2CCCC[C@@H]12)c1cc(CO)cc(C(=O)OC2CCC[C@H]3CCCC[C@@H]23)c1. The Hall–Kier alpha value is -1.88. The van der Waals surface area contributed by atoms with E-state index >= 15 is 0 Å². The minimum atomic E-state index is -0.384. The van der Waals surface area contributed by atoms with E-state index in [-0.39, 0.29) is 30.8 Å². The van der Waals surface area contributed by atoms with Gasteiger partial charge in [0.2, 0.25) is 0 Å². The van der Waals surface area contributed by atoms with E-state index in [0.717, 1.165) is 38.5 Å². The van der Waals surface area contributed by atoms with Gasteiger partial charge in [0.1, 0.15) is 12.2 Å². The lowest BCUT2D eigenvalue weighted by Gasteiger charge is -2.40. The van der Waals surface area contributed by atoms with Crippen LogP contribution in [0.2, 0.25) is 0 Å². The van der Waals surface area contributed by atoms with E-state index in [0.29, 0.717) is 40.4 Å². The zero-order chi connectivity index (χ0) is 23.5. The van der Waals surface area contributed by atoms with Crippen LogP contribution in [0.1, 0.15) is 116 Å². The molecule has 0 aliphatic heterocycles. The summed E-state index contributed by atoms with van der Waals surface area (Å²) in [5.74, 6) is 1.51. The standard InChI is InChI=1S/C29H40O5/c30-18-19-15-22(28(31)33-26-13-5-9-20-7-1-3-11-24(20)26)17-23(16-19)29(32)34-27-14-6-10-21-8-2-4-12-25(21)27/h15-17,20-21,24-27,30H,1-14,18H2/t20-,21-,24-,25-,26?,27?/m1/s1. The highest BCUT2D eigenvalue weighted by Gasteiger charge is 2.38. The first kappa shape index (κ1) is 23.8. The third kappa shape index (κ3) is 5.19. The highest BCUT2D eigenvalue weighted by Crippen LogP contribution is 2.43. The molecule has 186 valence electrons. The van der Waals surface area contributed by atoms with Crippen LogP contribution in [0, 0.1) is 23.7 Å². The molecule has 6 atom stereocenters. The molecule has 34 heavy (non-hydrogen) atoms. The van der Waals surface area contributed by atoms with Gasteiger partial charge in [-0.2, -0.15) is 0 Å². The number of esters is 2. The van der Waals surface area contributed by atoms with Crippen molar-refractivity contribution >= 4 is 11.9 Å². The Morgan fingerprint density at radius 2 is 1.09 bits per heavy atom. The van der Waals surface area contributed by atoms with Crippen molar-refractivity contribution in [3.8, 4) is 0 Å². The number of rotatable bonds is 5. The predicted octanol–water partition coefficient (Wildman–Crippen LogP) is 6.21. The Kier molecular flexibility index (Phi) is 7.58. The summed E-state index contributed by atoms with van der Waals surface area (Å²) in [7, 11) is 0. The van der Waals surface area contributed by atoms with Gasteiger partial charge < -0.3 is 14.6 Å². The van der Waals surface area contributed by atoms with E-state index in [4.69, 9.17) is 9.47 Å². The number of hydrogen-bond donors (Lipinski definition) is 1. The first-order valence-electron chi connectivity index (χ1n) is 13.8. The molecule has 1 N–H and O–H groups in total. The molecule has 0 bridgehead atoms. The maximum absolute atomic E-state index is 13.2. The summed E-state index contributed by atoms with van der Waals surface area (Å²) in [6.45, 7) is -0.232. The van der Waals surface area contributed by atoms with Crippen molar-refractivity contribution in [2.75, 3.05) is 0 Å². The number of benzene rings is 1. The lowest BCUT2D eigenvalue weighted by Crippen LogP contribution is -2.38. The normalized spacial score (nSPS) is 33.3. The Labute approximate surface area is 203 Å². The number of fused-ring (bicyclic) bond motifs is 2. The second-order valence-corrected chi connectivity index (χ2v) is 11.2. The minimum Gasteiger partial charge on any atom is -0.458 e. The Bertz CT molecular complexity index is 809. The van der Waals surface area contributed by atoms with Gasteiger partial charge in [-0.15, -0.1) is 0 Å². The zero-order valence-corrected chi connectivity index (χ0v) is 20.4. The van der Waals surface area contributed by atoms with Gasteiger partial charge in [-0.05, 0) is 98.8 Å². The Morgan fingerprint density at radius 3 is 1.56 bits per heavy atom. The van der Waals surface area contributed by atoms with Crippen LogP contribution in [0.4, 0.5) is 0 Å². The molecule has 0 amide bonds. The van der Waals surface area contributed by atoms with Gasteiger partial charge in [0.25, 0.3) is 0 Å². The van der Waals surface area contributed by atoms with E-state index in [1.54, 1.807) is 18.2 Å². The molecule has 5 heteroatoms. The van der Waals surface area contributed by atoms with Crippen molar-refractivity contribution < 1.29 is 24.2 Å². The summed E-state index contributed by atoms with van der Waals surface area (Å²) in [6.07, 6.45) is 16.3. The largest absolute Gasteiger partial charge is 0.458 e. The molecular formula is C29H40O5. The van der Waals surface area contributed by atoms with E-state index in [9.17, 15) is 14.7 Å². The van der Waals surface area contributed by atoms with E-state index < -0.39 is 0 Å². The summed E-state index contributed by atoms with van der Waals surface area (Å²) in [5, 5.41) is 9.80. The van der Waals surface area contributed by atoms with Gasteiger partial charge in [-0.25, -0.2) is 9.59 Å². The quantitative estimate of drug-likeness (QED) is 0.520. The van der Waals surface area contributed by atoms with Crippen molar-refractivity contribution in [2.45, 2.75) is 109 Å². The average Bonchev–Trinajstić information content (AvgIpc) is 2.88. The van der Waals surface area contributed by atoms with E-state index in [1.807, 2.05) is 0 Å². The molecule has 4 aliphatic rings. The minimum absolute atomic E-state index is 0.0368. The van der Waals surface area contributed by atoms with Gasteiger partial charge in [0, 0.05) is 0 Å². The number of carbonyl (C=O) groups excluding carboxylic acids is 2. The number of aliphatic hydroxyl groups excluding tert-OH is 1. The van der Waals surface area contributed by atoms with E-state index in [2.05, 4.69) is 0 Å².